The molecule has 19 heavy (non-hydrogen) atoms. The Balaban J connectivity index is 2.73. The first-order valence-electron chi connectivity index (χ1n) is 5.32. The molecule has 0 unspecified atom stereocenters. The fourth-order valence-corrected chi connectivity index (χ4v) is 1.86. The molecule has 0 saturated carbocycles. The molecule has 0 aliphatic heterocycles. The number of hydroxylamine groups is 2. The fraction of sp³-hybridized carbons (Fsp3) is 0.167. The van der Waals surface area contributed by atoms with E-state index in [1.165, 1.54) is 26.3 Å². The van der Waals surface area contributed by atoms with Crippen LogP contribution in [0.15, 0.2) is 23.0 Å². The molecule has 2 rings (SSSR count). The van der Waals surface area contributed by atoms with Gasteiger partial charge in [0, 0.05) is 17.5 Å². The standard InChI is InChI=1S/C12H11ClN2O4/c1-15(19-2)12(18)9-10(16)7-4-3-6(13)5-8(7)14-11(9)17/h3-5H,1-2H3,(H2,14,16,17). The molecule has 0 atom stereocenters. The van der Waals surface area contributed by atoms with Gasteiger partial charge in [0.2, 0.25) is 0 Å². The van der Waals surface area contributed by atoms with Crippen LogP contribution in [-0.2, 0) is 4.84 Å². The van der Waals surface area contributed by atoms with Crippen molar-refractivity contribution in [2.45, 2.75) is 0 Å². The van der Waals surface area contributed by atoms with E-state index in [-0.39, 0.29) is 5.56 Å². The van der Waals surface area contributed by atoms with Crippen molar-refractivity contribution >= 4 is 28.4 Å². The number of aromatic nitrogens is 1. The molecular formula is C12H11ClN2O4. The third-order valence-electron chi connectivity index (χ3n) is 2.72. The topological polar surface area (TPSA) is 82.6 Å². The van der Waals surface area contributed by atoms with Gasteiger partial charge < -0.3 is 10.1 Å². The van der Waals surface area contributed by atoms with Crippen molar-refractivity contribution in [2.75, 3.05) is 14.2 Å². The van der Waals surface area contributed by atoms with Crippen LogP contribution >= 0.6 is 11.6 Å². The zero-order valence-electron chi connectivity index (χ0n) is 10.2. The van der Waals surface area contributed by atoms with E-state index < -0.39 is 17.2 Å². The summed E-state index contributed by atoms with van der Waals surface area (Å²) in [5, 5.41) is 11.7. The number of aromatic amines is 1. The van der Waals surface area contributed by atoms with Gasteiger partial charge in [0.05, 0.1) is 12.6 Å². The van der Waals surface area contributed by atoms with Crippen molar-refractivity contribution in [1.82, 2.24) is 10.0 Å². The van der Waals surface area contributed by atoms with Crippen molar-refractivity contribution in [3.05, 3.63) is 39.1 Å². The summed E-state index contributed by atoms with van der Waals surface area (Å²) in [5.74, 6) is -1.14. The van der Waals surface area contributed by atoms with E-state index in [1.54, 1.807) is 6.07 Å². The molecule has 1 heterocycles. The van der Waals surface area contributed by atoms with Crippen LogP contribution in [0.1, 0.15) is 10.4 Å². The van der Waals surface area contributed by atoms with Gasteiger partial charge in [0.1, 0.15) is 11.3 Å². The van der Waals surface area contributed by atoms with E-state index >= 15 is 0 Å². The SMILES string of the molecule is CON(C)C(=O)c1c(O)c2ccc(Cl)cc2[nH]c1=O. The number of rotatable bonds is 2. The third-order valence-corrected chi connectivity index (χ3v) is 2.96. The Hall–Kier alpha value is -2.05. The van der Waals surface area contributed by atoms with E-state index in [2.05, 4.69) is 4.98 Å². The average Bonchev–Trinajstić information content (AvgIpc) is 2.36. The molecule has 100 valence electrons. The number of nitrogens with one attached hydrogen (secondary N) is 1. The van der Waals surface area contributed by atoms with Gasteiger partial charge in [-0.1, -0.05) is 11.6 Å². The zero-order chi connectivity index (χ0) is 14.2. The molecule has 0 saturated heterocycles. The van der Waals surface area contributed by atoms with Crippen LogP contribution in [0.2, 0.25) is 5.02 Å². The van der Waals surface area contributed by atoms with E-state index in [1.807, 2.05) is 0 Å². The average molecular weight is 283 g/mol. The lowest BCUT2D eigenvalue weighted by atomic mass is 10.1. The van der Waals surface area contributed by atoms with Crippen LogP contribution in [0.5, 0.6) is 5.75 Å². The first-order valence-corrected chi connectivity index (χ1v) is 5.70. The van der Waals surface area contributed by atoms with Crippen LogP contribution in [0, 0.1) is 0 Å². The largest absolute Gasteiger partial charge is 0.506 e. The molecule has 1 amide bonds. The molecule has 0 bridgehead atoms. The van der Waals surface area contributed by atoms with Crippen molar-refractivity contribution in [1.29, 1.82) is 0 Å². The van der Waals surface area contributed by atoms with Crippen LogP contribution < -0.4 is 5.56 Å². The number of nitrogens with zero attached hydrogens (tertiary/aromatic N) is 1. The van der Waals surface area contributed by atoms with Gasteiger partial charge in [0.15, 0.2) is 0 Å². The molecule has 7 heteroatoms. The Morgan fingerprint density at radius 3 is 2.79 bits per heavy atom. The van der Waals surface area contributed by atoms with Crippen LogP contribution in [0.4, 0.5) is 0 Å². The molecule has 0 radical (unpaired) electrons. The number of hydrogen-bond acceptors (Lipinski definition) is 4. The summed E-state index contributed by atoms with van der Waals surface area (Å²) in [6.07, 6.45) is 0. The van der Waals surface area contributed by atoms with Gasteiger partial charge in [-0.2, -0.15) is 0 Å². The van der Waals surface area contributed by atoms with Gasteiger partial charge >= 0.3 is 0 Å². The van der Waals surface area contributed by atoms with Gasteiger partial charge in [-0.15, -0.1) is 0 Å². The van der Waals surface area contributed by atoms with Crippen molar-refractivity contribution in [3.8, 4) is 5.75 Å². The smallest absolute Gasteiger partial charge is 0.286 e. The lowest BCUT2D eigenvalue weighted by molar-refractivity contribution is -0.0759. The Kier molecular flexibility index (Phi) is 3.46. The first-order chi connectivity index (χ1) is 8.95. The summed E-state index contributed by atoms with van der Waals surface area (Å²) in [5.41, 5.74) is -0.730. The molecule has 6 nitrogen and oxygen atoms in total. The number of benzene rings is 1. The van der Waals surface area contributed by atoms with E-state index in [4.69, 9.17) is 16.4 Å². The monoisotopic (exact) mass is 282 g/mol. The fourth-order valence-electron chi connectivity index (χ4n) is 1.69. The number of amides is 1. The van der Waals surface area contributed by atoms with E-state index in [0.29, 0.717) is 15.9 Å². The highest BCUT2D eigenvalue weighted by atomic mass is 35.5. The molecule has 0 aliphatic carbocycles. The minimum atomic E-state index is -0.738. The number of H-pyrrole nitrogens is 1. The Labute approximate surface area is 113 Å². The molecule has 2 aromatic rings. The zero-order valence-corrected chi connectivity index (χ0v) is 11.0. The number of fused-ring (bicyclic) bond motifs is 1. The van der Waals surface area contributed by atoms with Crippen molar-refractivity contribution in [2.24, 2.45) is 0 Å². The summed E-state index contributed by atoms with van der Waals surface area (Å²) >= 11 is 5.80. The van der Waals surface area contributed by atoms with Gasteiger partial charge in [0.25, 0.3) is 11.5 Å². The molecular weight excluding hydrogens is 272 g/mol. The number of carbonyl (C=O) groups excluding carboxylic acids is 1. The number of carbonyl (C=O) groups is 1. The predicted octanol–water partition coefficient (Wildman–Crippen LogP) is 1.52. The van der Waals surface area contributed by atoms with Crippen LogP contribution in [0.3, 0.4) is 0 Å². The highest BCUT2D eigenvalue weighted by Crippen LogP contribution is 2.27. The Morgan fingerprint density at radius 2 is 2.16 bits per heavy atom. The Bertz CT molecular complexity index is 711. The van der Waals surface area contributed by atoms with Crippen LogP contribution in [0.25, 0.3) is 10.9 Å². The quantitative estimate of drug-likeness (QED) is 0.818. The summed E-state index contributed by atoms with van der Waals surface area (Å²) in [4.78, 5) is 31.0. The molecule has 0 spiro atoms. The number of halogens is 1. The molecule has 1 aromatic carbocycles. The Morgan fingerprint density at radius 1 is 1.47 bits per heavy atom. The van der Waals surface area contributed by atoms with Crippen molar-refractivity contribution < 1.29 is 14.7 Å². The van der Waals surface area contributed by atoms with Gasteiger partial charge in [-0.05, 0) is 18.2 Å². The normalized spacial score (nSPS) is 10.7. The molecule has 0 fully saturated rings. The minimum absolute atomic E-state index is 0.330. The number of hydrogen-bond donors (Lipinski definition) is 2. The first kappa shape index (κ1) is 13.4. The predicted molar refractivity (Wildman–Crippen MR) is 70.3 cm³/mol. The summed E-state index contributed by atoms with van der Waals surface area (Å²) in [6, 6.07) is 4.56. The van der Waals surface area contributed by atoms with Crippen LogP contribution in [-0.4, -0.2) is 35.2 Å². The van der Waals surface area contributed by atoms with E-state index in [0.717, 1.165) is 5.06 Å². The molecule has 2 N–H and O–H groups in total. The summed E-state index contributed by atoms with van der Waals surface area (Å²) < 4.78 is 0. The summed E-state index contributed by atoms with van der Waals surface area (Å²) in [7, 11) is 2.62. The maximum Gasteiger partial charge on any atom is 0.286 e. The second-order valence-corrected chi connectivity index (χ2v) is 4.29. The third kappa shape index (κ3) is 2.27. The minimum Gasteiger partial charge on any atom is -0.506 e. The van der Waals surface area contributed by atoms with Crippen molar-refractivity contribution in [3.63, 3.8) is 0 Å². The second kappa shape index (κ2) is 4.91. The van der Waals surface area contributed by atoms with E-state index in [9.17, 15) is 14.7 Å². The maximum absolute atomic E-state index is 11.9. The molecule has 1 aromatic heterocycles. The van der Waals surface area contributed by atoms with Gasteiger partial charge in [-0.25, -0.2) is 5.06 Å². The maximum atomic E-state index is 11.9. The lowest BCUT2D eigenvalue weighted by Gasteiger charge is -2.14. The second-order valence-electron chi connectivity index (χ2n) is 3.85. The lowest BCUT2D eigenvalue weighted by Crippen LogP contribution is -2.31. The number of pyridine rings is 1. The number of aromatic hydroxyl groups is 1. The van der Waals surface area contributed by atoms with Gasteiger partial charge in [-0.3, -0.25) is 14.4 Å². The highest BCUT2D eigenvalue weighted by molar-refractivity contribution is 6.31. The molecule has 0 aliphatic rings. The summed E-state index contributed by atoms with van der Waals surface area (Å²) in [6.45, 7) is 0. The highest BCUT2D eigenvalue weighted by Gasteiger charge is 2.22.